The van der Waals surface area contributed by atoms with Gasteiger partial charge >= 0.3 is 6.09 Å². The third-order valence-corrected chi connectivity index (χ3v) is 8.03. The summed E-state index contributed by atoms with van der Waals surface area (Å²) in [5.74, 6) is -1.11. The molecule has 2 amide bonds. The van der Waals surface area contributed by atoms with Gasteiger partial charge in [0.2, 0.25) is 12.4 Å². The van der Waals surface area contributed by atoms with E-state index < -0.39 is 43.0 Å². The van der Waals surface area contributed by atoms with Crippen LogP contribution in [0.25, 0.3) is 11.0 Å². The van der Waals surface area contributed by atoms with E-state index in [1.165, 1.54) is 12.1 Å². The van der Waals surface area contributed by atoms with Crippen molar-refractivity contribution in [2.45, 2.75) is 77.5 Å². The van der Waals surface area contributed by atoms with Crippen LogP contribution >= 0.6 is 23.2 Å². The number of ether oxygens (including phenoxy) is 2. The Morgan fingerprint density at radius 2 is 1.78 bits per heavy atom. The van der Waals surface area contributed by atoms with Crippen molar-refractivity contribution in [2.24, 2.45) is 13.0 Å². The van der Waals surface area contributed by atoms with Crippen molar-refractivity contribution in [3.63, 3.8) is 0 Å². The minimum Gasteiger partial charge on any atom is -0.487 e. The highest BCUT2D eigenvalue weighted by molar-refractivity contribution is 6.39. The van der Waals surface area contributed by atoms with Gasteiger partial charge in [-0.25, -0.2) is 27.3 Å². The van der Waals surface area contributed by atoms with Gasteiger partial charge in [-0.1, -0.05) is 29.3 Å². The molecule has 1 aliphatic carbocycles. The second kappa shape index (κ2) is 14.3. The van der Waals surface area contributed by atoms with Crippen molar-refractivity contribution in [1.82, 2.24) is 20.2 Å². The molecule has 1 aliphatic rings. The third kappa shape index (κ3) is 8.84. The van der Waals surface area contributed by atoms with Crippen molar-refractivity contribution < 1.29 is 36.6 Å². The van der Waals surface area contributed by atoms with E-state index in [-0.39, 0.29) is 52.7 Å². The van der Waals surface area contributed by atoms with Crippen LogP contribution in [0.3, 0.4) is 0 Å². The number of hydrogen-bond acceptors (Lipinski definition) is 6. The molecule has 15 heteroatoms. The summed E-state index contributed by atoms with van der Waals surface area (Å²) in [5.41, 5.74) is 0.928. The number of rotatable bonds is 10. The molecule has 1 saturated carbocycles. The first-order valence-electron chi connectivity index (χ1n) is 14.3. The fourth-order valence-corrected chi connectivity index (χ4v) is 5.53. The summed E-state index contributed by atoms with van der Waals surface area (Å²) in [6.07, 6.45) is -4.52. The monoisotopic (exact) mass is 675 g/mol. The minimum atomic E-state index is -2.79. The van der Waals surface area contributed by atoms with Crippen LogP contribution in [0.2, 0.25) is 10.0 Å². The number of nitrogens with zero attached hydrogens (tertiary/aromatic N) is 2. The van der Waals surface area contributed by atoms with Crippen molar-refractivity contribution >= 4 is 57.9 Å². The van der Waals surface area contributed by atoms with E-state index in [2.05, 4.69) is 20.9 Å². The second-order valence-electron chi connectivity index (χ2n) is 11.8. The highest BCUT2D eigenvalue weighted by Crippen LogP contribution is 2.37. The maximum Gasteiger partial charge on any atom is 0.407 e. The number of aryl methyl sites for hydroxylation is 1. The summed E-state index contributed by atoms with van der Waals surface area (Å²) in [6, 6.07) is 5.76. The van der Waals surface area contributed by atoms with Gasteiger partial charge in [0.05, 0.1) is 32.3 Å². The number of imidazole rings is 1. The Morgan fingerprint density at radius 3 is 2.40 bits per heavy atom. The van der Waals surface area contributed by atoms with Crippen LogP contribution in [0.15, 0.2) is 24.3 Å². The van der Waals surface area contributed by atoms with Gasteiger partial charge in [0, 0.05) is 31.6 Å². The first-order chi connectivity index (χ1) is 21.1. The van der Waals surface area contributed by atoms with Crippen LogP contribution in [0.5, 0.6) is 5.75 Å². The maximum absolute atomic E-state index is 13.3. The lowest BCUT2D eigenvalue weighted by atomic mass is 9.86. The van der Waals surface area contributed by atoms with Crippen LogP contribution in [0.4, 0.5) is 34.0 Å². The minimum absolute atomic E-state index is 0.0185. The van der Waals surface area contributed by atoms with Gasteiger partial charge < -0.3 is 30.0 Å². The van der Waals surface area contributed by atoms with Gasteiger partial charge in [-0.05, 0) is 64.2 Å². The first kappa shape index (κ1) is 34.4. The Hall–Kier alpha value is -3.45. The summed E-state index contributed by atoms with van der Waals surface area (Å²) < 4.78 is 64.5. The Balaban J connectivity index is 1.59. The van der Waals surface area contributed by atoms with Crippen molar-refractivity contribution in [3.05, 3.63) is 45.4 Å². The highest BCUT2D eigenvalue weighted by Gasteiger charge is 2.29. The fraction of sp³-hybridized carbons (Fsp3) is 0.500. The molecule has 45 heavy (non-hydrogen) atoms. The van der Waals surface area contributed by atoms with E-state index in [1.54, 1.807) is 44.5 Å². The van der Waals surface area contributed by atoms with Gasteiger partial charge in [-0.15, -0.1) is 0 Å². The van der Waals surface area contributed by atoms with Gasteiger partial charge in [0.25, 0.3) is 12.3 Å². The molecule has 0 spiro atoms. The van der Waals surface area contributed by atoms with Crippen molar-refractivity contribution in [2.75, 3.05) is 11.9 Å². The topological polar surface area (TPSA) is 107 Å². The third-order valence-electron chi connectivity index (χ3n) is 7.28. The lowest BCUT2D eigenvalue weighted by Gasteiger charge is -2.28. The predicted molar refractivity (Wildman–Crippen MR) is 164 cm³/mol. The van der Waals surface area contributed by atoms with Gasteiger partial charge in [0.1, 0.15) is 18.0 Å². The molecule has 0 radical (unpaired) electrons. The first-order valence-corrected chi connectivity index (χ1v) is 15.1. The molecular weight excluding hydrogens is 641 g/mol. The standard InChI is InChI=1S/C30H35Cl2F4N5O4/c1-30(2,3)45-29(43)37-13-16-7-10-19(31)25(24(16)32)40-28-39-20-11-18(22(44-14-23(33)34)12-21(20)41(28)4)27(42)38-17-8-5-15(6-9-17)26(35)36/h7,10-12,15,17,23,26H,5-6,8-9,13-14H2,1-4H3,(H,37,43)(H,38,42)(H,39,40). The number of anilines is 2. The molecule has 9 nitrogen and oxygen atoms in total. The van der Waals surface area contributed by atoms with E-state index in [0.29, 0.717) is 35.1 Å². The van der Waals surface area contributed by atoms with Crippen LogP contribution in [-0.4, -0.2) is 52.7 Å². The van der Waals surface area contributed by atoms with E-state index >= 15 is 0 Å². The Labute approximate surface area is 267 Å². The number of alkyl halides is 4. The van der Waals surface area contributed by atoms with Gasteiger partial charge in [-0.3, -0.25) is 4.79 Å². The average molecular weight is 677 g/mol. The Bertz CT molecular complexity index is 1540. The Morgan fingerprint density at radius 1 is 1.09 bits per heavy atom. The van der Waals surface area contributed by atoms with E-state index in [1.807, 2.05) is 0 Å². The van der Waals surface area contributed by atoms with Crippen LogP contribution < -0.4 is 20.7 Å². The molecule has 246 valence electrons. The summed E-state index contributed by atoms with van der Waals surface area (Å²) >= 11 is 13.1. The van der Waals surface area contributed by atoms with Gasteiger partial charge in [0.15, 0.2) is 0 Å². The SMILES string of the molecule is Cn1c(Nc2c(Cl)ccc(CNC(=O)OC(C)(C)C)c2Cl)nc2cc(C(=O)NC3CCC(C(F)F)CC3)c(OCC(F)F)cc21. The number of carbonyl (C=O) groups is 2. The molecule has 0 unspecified atom stereocenters. The lowest BCUT2D eigenvalue weighted by Crippen LogP contribution is -2.38. The summed E-state index contributed by atoms with van der Waals surface area (Å²) in [4.78, 5) is 30.0. The molecule has 1 fully saturated rings. The molecule has 3 N–H and O–H groups in total. The fourth-order valence-electron chi connectivity index (χ4n) is 5.00. The molecule has 0 saturated heterocycles. The normalized spacial score (nSPS) is 17.1. The molecule has 2 aromatic carbocycles. The maximum atomic E-state index is 13.3. The molecule has 1 aromatic heterocycles. The molecule has 4 rings (SSSR count). The van der Waals surface area contributed by atoms with Gasteiger partial charge in [-0.2, -0.15) is 0 Å². The number of halogens is 6. The molecule has 1 heterocycles. The number of alkyl carbamates (subject to hydrolysis) is 1. The van der Waals surface area contributed by atoms with Crippen LogP contribution in [0, 0.1) is 5.92 Å². The predicted octanol–water partition coefficient (Wildman–Crippen LogP) is 7.85. The second-order valence-corrected chi connectivity index (χ2v) is 12.6. The largest absolute Gasteiger partial charge is 0.487 e. The molecular formula is C30H35Cl2F4N5O4. The number of aromatic nitrogens is 2. The summed E-state index contributed by atoms with van der Waals surface area (Å²) in [5, 5.41) is 9.03. The number of carbonyl (C=O) groups excluding carboxylic acids is 2. The highest BCUT2D eigenvalue weighted by atomic mass is 35.5. The lowest BCUT2D eigenvalue weighted by molar-refractivity contribution is 0.0496. The van der Waals surface area contributed by atoms with E-state index in [0.717, 1.165) is 0 Å². The summed E-state index contributed by atoms with van der Waals surface area (Å²) in [6.45, 7) is 4.34. The molecule has 0 aliphatic heterocycles. The van der Waals surface area contributed by atoms with Crippen molar-refractivity contribution in [1.29, 1.82) is 0 Å². The average Bonchev–Trinajstić information content (AvgIpc) is 3.26. The Kier molecular flexibility index (Phi) is 11.0. The number of nitrogens with one attached hydrogen (secondary N) is 3. The zero-order valence-electron chi connectivity index (χ0n) is 25.2. The molecule has 0 atom stereocenters. The van der Waals surface area contributed by atoms with Crippen LogP contribution in [0.1, 0.15) is 62.4 Å². The molecule has 0 bridgehead atoms. The smallest absolute Gasteiger partial charge is 0.407 e. The van der Waals surface area contributed by atoms with Crippen LogP contribution in [-0.2, 0) is 18.3 Å². The quantitative estimate of drug-likeness (QED) is 0.189. The number of fused-ring (bicyclic) bond motifs is 1. The number of benzene rings is 2. The van der Waals surface area contributed by atoms with Crippen molar-refractivity contribution in [3.8, 4) is 5.75 Å². The van der Waals surface area contributed by atoms with E-state index in [9.17, 15) is 27.2 Å². The zero-order valence-corrected chi connectivity index (χ0v) is 26.7. The number of amides is 2. The zero-order chi connectivity index (χ0) is 33.1. The molecule has 3 aromatic rings. The number of hydrogen-bond donors (Lipinski definition) is 3. The van der Waals surface area contributed by atoms with E-state index in [4.69, 9.17) is 32.7 Å². The summed E-state index contributed by atoms with van der Waals surface area (Å²) in [7, 11) is 1.66.